The Hall–Kier alpha value is -0.120. The molecule has 1 fully saturated rings. The second-order valence-electron chi connectivity index (χ2n) is 5.06. The van der Waals surface area contributed by atoms with Gasteiger partial charge in [0.25, 0.3) is 0 Å². The first-order chi connectivity index (χ1) is 7.74. The summed E-state index contributed by atoms with van der Waals surface area (Å²) in [7, 11) is 1.78. The van der Waals surface area contributed by atoms with Crippen molar-refractivity contribution in [3.05, 3.63) is 0 Å². The molecule has 0 aromatic heterocycles. The van der Waals surface area contributed by atoms with Crippen LogP contribution in [0.25, 0.3) is 0 Å². The van der Waals surface area contributed by atoms with Crippen LogP contribution in [0.1, 0.15) is 39.5 Å². The Morgan fingerprint density at radius 2 is 2.12 bits per heavy atom. The Kier molecular flexibility index (Phi) is 6.32. The molecular weight excluding hydrogens is 200 g/mol. The molecule has 0 aromatic rings. The third-order valence-electron chi connectivity index (χ3n) is 3.54. The molecule has 3 nitrogen and oxygen atoms in total. The second-order valence-corrected chi connectivity index (χ2v) is 5.06. The monoisotopic (exact) mass is 228 g/mol. The Labute approximate surface area is 100 Å². The fourth-order valence-electron chi connectivity index (χ4n) is 2.43. The minimum atomic E-state index is 0.499. The van der Waals surface area contributed by atoms with Crippen LogP contribution in [0, 0.1) is 5.92 Å². The van der Waals surface area contributed by atoms with E-state index < -0.39 is 0 Å². The minimum absolute atomic E-state index is 0.499. The lowest BCUT2D eigenvalue weighted by Crippen LogP contribution is -2.47. The summed E-state index contributed by atoms with van der Waals surface area (Å²) in [5.41, 5.74) is 5.94. The number of hydrogen-bond donors (Lipinski definition) is 1. The van der Waals surface area contributed by atoms with Gasteiger partial charge in [0.1, 0.15) is 0 Å². The van der Waals surface area contributed by atoms with Crippen LogP contribution < -0.4 is 5.73 Å². The van der Waals surface area contributed by atoms with E-state index >= 15 is 0 Å². The van der Waals surface area contributed by atoms with Crippen molar-refractivity contribution >= 4 is 0 Å². The van der Waals surface area contributed by atoms with Gasteiger partial charge in [0, 0.05) is 25.7 Å². The highest BCUT2D eigenvalue weighted by atomic mass is 16.5. The maximum absolute atomic E-state index is 5.94. The lowest BCUT2D eigenvalue weighted by atomic mass is 10.0. The molecule has 3 heteroatoms. The standard InChI is InChI=1S/C13H28N2O/c1-4-5-8-15(12-6-7-12)13(9-14)11(2)10-16-3/h11-13H,4-10,14H2,1-3H3. The summed E-state index contributed by atoms with van der Waals surface area (Å²) in [5.74, 6) is 0.535. The molecule has 2 N–H and O–H groups in total. The topological polar surface area (TPSA) is 38.5 Å². The Balaban J connectivity index is 2.50. The molecule has 0 aliphatic heterocycles. The van der Waals surface area contributed by atoms with E-state index in [-0.39, 0.29) is 0 Å². The van der Waals surface area contributed by atoms with E-state index in [4.69, 9.17) is 10.5 Å². The first kappa shape index (κ1) is 13.9. The molecule has 0 radical (unpaired) electrons. The van der Waals surface area contributed by atoms with Gasteiger partial charge >= 0.3 is 0 Å². The van der Waals surface area contributed by atoms with E-state index in [0.29, 0.717) is 12.0 Å². The van der Waals surface area contributed by atoms with Gasteiger partial charge in [-0.15, -0.1) is 0 Å². The molecule has 0 spiro atoms. The van der Waals surface area contributed by atoms with Gasteiger partial charge in [-0.2, -0.15) is 0 Å². The molecule has 1 aliphatic carbocycles. The zero-order valence-corrected chi connectivity index (χ0v) is 11.1. The van der Waals surface area contributed by atoms with Gasteiger partial charge in [-0.1, -0.05) is 20.3 Å². The quantitative estimate of drug-likeness (QED) is 0.654. The van der Waals surface area contributed by atoms with Crippen molar-refractivity contribution in [2.24, 2.45) is 11.7 Å². The minimum Gasteiger partial charge on any atom is -0.384 e. The number of ether oxygens (including phenoxy) is 1. The molecule has 0 bridgehead atoms. The maximum Gasteiger partial charge on any atom is 0.0503 e. The maximum atomic E-state index is 5.94. The van der Waals surface area contributed by atoms with Gasteiger partial charge in [0.05, 0.1) is 6.61 Å². The highest BCUT2D eigenvalue weighted by Crippen LogP contribution is 2.30. The van der Waals surface area contributed by atoms with Crippen LogP contribution in [-0.4, -0.2) is 43.8 Å². The second kappa shape index (κ2) is 7.25. The van der Waals surface area contributed by atoms with Crippen molar-refractivity contribution in [2.45, 2.75) is 51.6 Å². The van der Waals surface area contributed by atoms with Gasteiger partial charge in [-0.25, -0.2) is 0 Å². The summed E-state index contributed by atoms with van der Waals surface area (Å²) in [6, 6.07) is 1.30. The van der Waals surface area contributed by atoms with Gasteiger partial charge in [0.2, 0.25) is 0 Å². The molecule has 1 rings (SSSR count). The van der Waals surface area contributed by atoms with Crippen molar-refractivity contribution in [3.63, 3.8) is 0 Å². The SMILES string of the molecule is CCCCN(C1CC1)C(CN)C(C)COC. The Morgan fingerprint density at radius 3 is 2.56 bits per heavy atom. The zero-order valence-electron chi connectivity index (χ0n) is 11.1. The predicted molar refractivity (Wildman–Crippen MR) is 68.5 cm³/mol. The fourth-order valence-corrected chi connectivity index (χ4v) is 2.43. The molecule has 2 unspecified atom stereocenters. The lowest BCUT2D eigenvalue weighted by Gasteiger charge is -2.35. The molecule has 96 valence electrons. The normalized spacial score (nSPS) is 20.1. The van der Waals surface area contributed by atoms with Crippen LogP contribution in [0.3, 0.4) is 0 Å². The summed E-state index contributed by atoms with van der Waals surface area (Å²) >= 11 is 0. The smallest absolute Gasteiger partial charge is 0.0503 e. The van der Waals surface area contributed by atoms with Crippen LogP contribution in [0.2, 0.25) is 0 Å². The van der Waals surface area contributed by atoms with Crippen LogP contribution in [0.5, 0.6) is 0 Å². The number of rotatable bonds is 9. The third kappa shape index (κ3) is 4.04. The average molecular weight is 228 g/mol. The Morgan fingerprint density at radius 1 is 1.44 bits per heavy atom. The van der Waals surface area contributed by atoms with Gasteiger partial charge in [-0.3, -0.25) is 4.90 Å². The fraction of sp³-hybridized carbons (Fsp3) is 1.00. The van der Waals surface area contributed by atoms with Gasteiger partial charge in [0.15, 0.2) is 0 Å². The molecule has 0 amide bonds. The first-order valence-electron chi connectivity index (χ1n) is 6.69. The van der Waals surface area contributed by atoms with Crippen molar-refractivity contribution < 1.29 is 4.74 Å². The number of methoxy groups -OCH3 is 1. The molecule has 2 atom stereocenters. The highest BCUT2D eigenvalue weighted by Gasteiger charge is 2.34. The molecule has 1 aliphatic rings. The third-order valence-corrected chi connectivity index (χ3v) is 3.54. The highest BCUT2D eigenvalue weighted by molar-refractivity contribution is 4.90. The molecular formula is C13H28N2O. The predicted octanol–water partition coefficient (Wildman–Crippen LogP) is 1.86. The summed E-state index contributed by atoms with van der Waals surface area (Å²) in [6.07, 6.45) is 5.27. The number of hydrogen-bond acceptors (Lipinski definition) is 3. The van der Waals surface area contributed by atoms with Crippen molar-refractivity contribution in [2.75, 3.05) is 26.8 Å². The van der Waals surface area contributed by atoms with Crippen molar-refractivity contribution in [1.82, 2.24) is 4.90 Å². The molecule has 0 saturated heterocycles. The van der Waals surface area contributed by atoms with E-state index in [1.165, 1.54) is 32.2 Å². The molecule has 0 aromatic carbocycles. The van der Waals surface area contributed by atoms with Crippen molar-refractivity contribution in [1.29, 1.82) is 0 Å². The number of unbranched alkanes of at least 4 members (excludes halogenated alkanes) is 1. The van der Waals surface area contributed by atoms with Crippen molar-refractivity contribution in [3.8, 4) is 0 Å². The van der Waals surface area contributed by atoms with Crippen LogP contribution in [-0.2, 0) is 4.74 Å². The summed E-state index contributed by atoms with van der Waals surface area (Å²) in [5, 5.41) is 0. The van der Waals surface area contributed by atoms with Crippen LogP contribution in [0.4, 0.5) is 0 Å². The van der Waals surface area contributed by atoms with Crippen LogP contribution >= 0.6 is 0 Å². The molecule has 16 heavy (non-hydrogen) atoms. The van der Waals surface area contributed by atoms with Gasteiger partial charge in [-0.05, 0) is 31.7 Å². The molecule has 1 saturated carbocycles. The van der Waals surface area contributed by atoms with Gasteiger partial charge < -0.3 is 10.5 Å². The Bertz CT molecular complexity index is 183. The lowest BCUT2D eigenvalue weighted by molar-refractivity contribution is 0.0794. The van der Waals surface area contributed by atoms with Crippen LogP contribution in [0.15, 0.2) is 0 Å². The largest absolute Gasteiger partial charge is 0.384 e. The van der Waals surface area contributed by atoms with E-state index in [9.17, 15) is 0 Å². The van der Waals surface area contributed by atoms with E-state index in [2.05, 4.69) is 18.7 Å². The summed E-state index contributed by atoms with van der Waals surface area (Å²) < 4.78 is 5.26. The van der Waals surface area contributed by atoms with E-state index in [1.54, 1.807) is 7.11 Å². The first-order valence-corrected chi connectivity index (χ1v) is 6.69. The number of nitrogens with two attached hydrogens (primary N) is 1. The van der Waals surface area contributed by atoms with E-state index in [0.717, 1.165) is 19.2 Å². The van der Waals surface area contributed by atoms with E-state index in [1.807, 2.05) is 0 Å². The summed E-state index contributed by atoms with van der Waals surface area (Å²) in [4.78, 5) is 2.63. The average Bonchev–Trinajstić information content (AvgIpc) is 3.08. The number of nitrogens with zero attached hydrogens (tertiary/aromatic N) is 1. The molecule has 0 heterocycles. The zero-order chi connectivity index (χ0) is 12.0. The summed E-state index contributed by atoms with van der Waals surface area (Å²) in [6.45, 7) is 7.28.